The number of morpholine rings is 1. The number of hydrogen-bond donors (Lipinski definition) is 2. The molecule has 1 aromatic carbocycles. The predicted molar refractivity (Wildman–Crippen MR) is 82.7 cm³/mol. The van der Waals surface area contributed by atoms with Crippen molar-refractivity contribution < 1.29 is 14.6 Å². The zero-order valence-electron chi connectivity index (χ0n) is 12.3. The number of rotatable bonds is 4. The number of nitrogens with one attached hydrogen (secondary N) is 1. The lowest BCUT2D eigenvalue weighted by molar-refractivity contribution is -0.124. The molecule has 5 nitrogen and oxygen atoms in total. The van der Waals surface area contributed by atoms with E-state index >= 15 is 0 Å². The third-order valence-corrected chi connectivity index (χ3v) is 3.85. The maximum atomic E-state index is 12.2. The van der Waals surface area contributed by atoms with Gasteiger partial charge < -0.3 is 20.1 Å². The van der Waals surface area contributed by atoms with Gasteiger partial charge in [0.15, 0.2) is 0 Å². The molecule has 1 aliphatic rings. The first-order valence-corrected chi connectivity index (χ1v) is 7.52. The largest absolute Gasteiger partial charge is 0.389 e. The van der Waals surface area contributed by atoms with E-state index in [0.717, 1.165) is 11.3 Å². The molecule has 2 unspecified atom stereocenters. The molecule has 0 radical (unpaired) electrons. The molecule has 2 atom stereocenters. The van der Waals surface area contributed by atoms with Gasteiger partial charge in [-0.2, -0.15) is 0 Å². The molecular formula is C15H21ClN2O3. The van der Waals surface area contributed by atoms with E-state index in [1.807, 2.05) is 24.0 Å². The fourth-order valence-electron chi connectivity index (χ4n) is 2.42. The minimum Gasteiger partial charge on any atom is -0.389 e. The van der Waals surface area contributed by atoms with Gasteiger partial charge in [0, 0.05) is 13.1 Å². The minimum atomic E-state index is -0.569. The number of hydrogen-bond acceptors (Lipinski definition) is 4. The van der Waals surface area contributed by atoms with Crippen molar-refractivity contribution in [3.8, 4) is 0 Å². The van der Waals surface area contributed by atoms with E-state index in [9.17, 15) is 9.90 Å². The van der Waals surface area contributed by atoms with Crippen LogP contribution in [0.5, 0.6) is 0 Å². The van der Waals surface area contributed by atoms with Crippen LogP contribution in [0.1, 0.15) is 25.5 Å². The summed E-state index contributed by atoms with van der Waals surface area (Å²) in [6, 6.07) is 5.04. The molecule has 1 aromatic rings. The van der Waals surface area contributed by atoms with Gasteiger partial charge in [-0.15, -0.1) is 0 Å². The lowest BCUT2D eigenvalue weighted by Gasteiger charge is -2.36. The predicted octanol–water partition coefficient (Wildman–Crippen LogP) is 1.73. The third-order valence-electron chi connectivity index (χ3n) is 3.55. The maximum Gasteiger partial charge on any atom is 0.245 e. The first kappa shape index (κ1) is 16.1. The van der Waals surface area contributed by atoms with Crippen LogP contribution in [0, 0.1) is 0 Å². The monoisotopic (exact) mass is 312 g/mol. The van der Waals surface area contributed by atoms with Gasteiger partial charge in [0.25, 0.3) is 0 Å². The van der Waals surface area contributed by atoms with Crippen molar-refractivity contribution in [2.24, 2.45) is 0 Å². The molecule has 0 aromatic heterocycles. The number of anilines is 1. The number of carbonyl (C=O) groups is 1. The van der Waals surface area contributed by atoms with Gasteiger partial charge >= 0.3 is 0 Å². The standard InChI is InChI=1S/C15H21ClN2O3/c1-3-17-15(20)14-9-21-7-6-18(14)13-5-4-11(10(2)19)8-12(13)16/h4-5,8,10,14,19H,3,6-7,9H2,1-2H3,(H,17,20). The van der Waals surface area contributed by atoms with E-state index < -0.39 is 6.10 Å². The first-order chi connectivity index (χ1) is 10.0. The molecule has 1 amide bonds. The molecule has 2 rings (SSSR count). The van der Waals surface area contributed by atoms with Crippen molar-refractivity contribution in [3.05, 3.63) is 28.8 Å². The second kappa shape index (κ2) is 7.11. The lowest BCUT2D eigenvalue weighted by Crippen LogP contribution is -2.54. The van der Waals surface area contributed by atoms with Crippen LogP contribution < -0.4 is 10.2 Å². The Balaban J connectivity index is 2.27. The van der Waals surface area contributed by atoms with Crippen LogP contribution in [0.2, 0.25) is 5.02 Å². The summed E-state index contributed by atoms with van der Waals surface area (Å²) in [5.41, 5.74) is 1.55. The number of halogens is 1. The average Bonchev–Trinajstić information content (AvgIpc) is 2.47. The number of benzene rings is 1. The Kier molecular flexibility index (Phi) is 5.45. The zero-order valence-corrected chi connectivity index (χ0v) is 13.1. The highest BCUT2D eigenvalue weighted by Crippen LogP contribution is 2.31. The molecule has 1 saturated heterocycles. The van der Waals surface area contributed by atoms with Crippen LogP contribution in [0.3, 0.4) is 0 Å². The van der Waals surface area contributed by atoms with Crippen molar-refractivity contribution in [1.82, 2.24) is 5.32 Å². The van der Waals surface area contributed by atoms with Gasteiger partial charge in [0.2, 0.25) is 5.91 Å². The molecular weight excluding hydrogens is 292 g/mol. The molecule has 0 spiro atoms. The highest BCUT2D eigenvalue weighted by atomic mass is 35.5. The highest BCUT2D eigenvalue weighted by molar-refractivity contribution is 6.33. The van der Waals surface area contributed by atoms with Crippen LogP contribution in [-0.2, 0) is 9.53 Å². The molecule has 116 valence electrons. The Morgan fingerprint density at radius 1 is 1.62 bits per heavy atom. The topological polar surface area (TPSA) is 61.8 Å². The summed E-state index contributed by atoms with van der Waals surface area (Å²) in [6.07, 6.45) is -0.569. The molecule has 1 heterocycles. The normalized spacial score (nSPS) is 20.2. The Morgan fingerprint density at radius 3 is 3.00 bits per heavy atom. The Bertz CT molecular complexity index is 508. The smallest absolute Gasteiger partial charge is 0.245 e. The van der Waals surface area contributed by atoms with Crippen molar-refractivity contribution in [3.63, 3.8) is 0 Å². The summed E-state index contributed by atoms with van der Waals surface area (Å²) < 4.78 is 5.42. The third kappa shape index (κ3) is 3.67. The molecule has 0 aliphatic carbocycles. The highest BCUT2D eigenvalue weighted by Gasteiger charge is 2.30. The Hall–Kier alpha value is -1.30. The summed E-state index contributed by atoms with van der Waals surface area (Å²) in [5.74, 6) is -0.0622. The van der Waals surface area contributed by atoms with E-state index in [4.69, 9.17) is 16.3 Å². The molecule has 0 saturated carbocycles. The van der Waals surface area contributed by atoms with Crippen LogP contribution in [0.4, 0.5) is 5.69 Å². The molecule has 21 heavy (non-hydrogen) atoms. The van der Waals surface area contributed by atoms with Crippen LogP contribution >= 0.6 is 11.6 Å². The van der Waals surface area contributed by atoms with Gasteiger partial charge in [0.05, 0.1) is 30.0 Å². The number of likely N-dealkylation sites (N-methyl/N-ethyl adjacent to an activating group) is 1. The maximum absolute atomic E-state index is 12.2. The zero-order chi connectivity index (χ0) is 15.4. The van der Waals surface area contributed by atoms with E-state index in [2.05, 4.69) is 5.32 Å². The number of carbonyl (C=O) groups excluding carboxylic acids is 1. The average molecular weight is 313 g/mol. The van der Waals surface area contributed by atoms with Gasteiger partial charge in [-0.1, -0.05) is 17.7 Å². The lowest BCUT2D eigenvalue weighted by atomic mass is 10.1. The number of nitrogens with zero attached hydrogens (tertiary/aromatic N) is 1. The summed E-state index contributed by atoms with van der Waals surface area (Å²) >= 11 is 6.33. The van der Waals surface area contributed by atoms with Crippen LogP contribution in [-0.4, -0.2) is 43.4 Å². The number of aliphatic hydroxyl groups excluding tert-OH is 1. The van der Waals surface area contributed by atoms with Crippen molar-refractivity contribution in [1.29, 1.82) is 0 Å². The second-order valence-electron chi connectivity index (χ2n) is 5.07. The van der Waals surface area contributed by atoms with Crippen LogP contribution in [0.25, 0.3) is 0 Å². The molecule has 0 bridgehead atoms. The fraction of sp³-hybridized carbons (Fsp3) is 0.533. The number of amides is 1. The summed E-state index contributed by atoms with van der Waals surface area (Å²) in [6.45, 7) is 5.67. The van der Waals surface area contributed by atoms with Gasteiger partial charge in [-0.3, -0.25) is 4.79 Å². The minimum absolute atomic E-state index is 0.0622. The van der Waals surface area contributed by atoms with Gasteiger partial charge in [-0.25, -0.2) is 0 Å². The molecule has 1 aliphatic heterocycles. The summed E-state index contributed by atoms with van der Waals surface area (Å²) in [5, 5.41) is 13.0. The van der Waals surface area contributed by atoms with Crippen molar-refractivity contribution >= 4 is 23.2 Å². The van der Waals surface area contributed by atoms with E-state index in [0.29, 0.717) is 31.3 Å². The van der Waals surface area contributed by atoms with Gasteiger partial charge in [-0.05, 0) is 31.5 Å². The molecule has 2 N–H and O–H groups in total. The first-order valence-electron chi connectivity index (χ1n) is 7.14. The van der Waals surface area contributed by atoms with Crippen LogP contribution in [0.15, 0.2) is 18.2 Å². The number of ether oxygens (including phenoxy) is 1. The van der Waals surface area contributed by atoms with E-state index in [-0.39, 0.29) is 11.9 Å². The SMILES string of the molecule is CCNC(=O)C1COCCN1c1ccc(C(C)O)cc1Cl. The summed E-state index contributed by atoms with van der Waals surface area (Å²) in [4.78, 5) is 14.1. The van der Waals surface area contributed by atoms with Crippen molar-refractivity contribution in [2.75, 3.05) is 31.2 Å². The summed E-state index contributed by atoms with van der Waals surface area (Å²) in [7, 11) is 0. The quantitative estimate of drug-likeness (QED) is 0.889. The second-order valence-corrected chi connectivity index (χ2v) is 5.47. The Morgan fingerprint density at radius 2 is 2.38 bits per heavy atom. The molecule has 1 fully saturated rings. The van der Waals surface area contributed by atoms with Gasteiger partial charge in [0.1, 0.15) is 6.04 Å². The van der Waals surface area contributed by atoms with Crippen molar-refractivity contribution in [2.45, 2.75) is 26.0 Å². The van der Waals surface area contributed by atoms with E-state index in [1.54, 1.807) is 13.0 Å². The van der Waals surface area contributed by atoms with E-state index in [1.165, 1.54) is 0 Å². The fourth-order valence-corrected chi connectivity index (χ4v) is 2.71. The Labute approximate surface area is 129 Å². The molecule has 6 heteroatoms. The number of aliphatic hydroxyl groups is 1.